The van der Waals surface area contributed by atoms with Gasteiger partial charge < -0.3 is 19.5 Å². The van der Waals surface area contributed by atoms with Crippen molar-refractivity contribution in [3.05, 3.63) is 36.0 Å². The summed E-state index contributed by atoms with van der Waals surface area (Å²) in [5, 5.41) is 3.48. The number of nitrogens with zero attached hydrogens (tertiary/aromatic N) is 1. The van der Waals surface area contributed by atoms with E-state index in [4.69, 9.17) is 19.0 Å². The summed E-state index contributed by atoms with van der Waals surface area (Å²) in [5.74, 6) is -0.0807. The lowest BCUT2D eigenvalue weighted by atomic mass is 10.1. The van der Waals surface area contributed by atoms with E-state index in [0.717, 1.165) is 16.5 Å². The van der Waals surface area contributed by atoms with Gasteiger partial charge in [-0.2, -0.15) is 0 Å². The molecule has 0 radical (unpaired) electrons. The molecule has 10 nitrogen and oxygen atoms in total. The first-order chi connectivity index (χ1) is 16.8. The van der Waals surface area contributed by atoms with E-state index in [1.165, 1.54) is 23.4 Å². The summed E-state index contributed by atoms with van der Waals surface area (Å²) in [4.78, 5) is 42.0. The van der Waals surface area contributed by atoms with E-state index < -0.39 is 35.4 Å². The summed E-state index contributed by atoms with van der Waals surface area (Å²) in [6, 6.07) is 6.79. The normalized spacial score (nSPS) is 12.8. The van der Waals surface area contributed by atoms with Gasteiger partial charge in [0.2, 0.25) is 0 Å². The maximum absolute atomic E-state index is 12.6. The molecule has 200 valence electrons. The number of benzene rings is 1. The van der Waals surface area contributed by atoms with Gasteiger partial charge in [-0.1, -0.05) is 18.2 Å². The van der Waals surface area contributed by atoms with Gasteiger partial charge in [-0.25, -0.2) is 19.9 Å². The van der Waals surface area contributed by atoms with Crippen LogP contribution in [-0.2, 0) is 30.3 Å². The zero-order valence-electron chi connectivity index (χ0n) is 22.0. The van der Waals surface area contributed by atoms with Crippen LogP contribution in [0.3, 0.4) is 0 Å². The highest BCUT2D eigenvalue weighted by Gasteiger charge is 2.25. The molecule has 0 aliphatic heterocycles. The summed E-state index contributed by atoms with van der Waals surface area (Å²) >= 11 is 1.31. The molecule has 1 heterocycles. The fraction of sp³-hybridized carbons (Fsp3) is 0.560. The number of carbonyl (C=O) groups excluding carboxylic acids is 3. The van der Waals surface area contributed by atoms with Crippen LogP contribution in [0, 0.1) is 0 Å². The molecular weight excluding hydrogens is 486 g/mol. The number of hydroxylamine groups is 1. The lowest BCUT2D eigenvalue weighted by Crippen LogP contribution is -2.45. The third kappa shape index (κ3) is 9.71. The fourth-order valence-electron chi connectivity index (χ4n) is 3.18. The summed E-state index contributed by atoms with van der Waals surface area (Å²) in [6.07, 6.45) is 1.29. The van der Waals surface area contributed by atoms with E-state index in [-0.39, 0.29) is 11.7 Å². The molecule has 1 aromatic carbocycles. The Kier molecular flexibility index (Phi) is 10.6. The van der Waals surface area contributed by atoms with Crippen LogP contribution < -0.4 is 10.8 Å². The van der Waals surface area contributed by atoms with Crippen LogP contribution in [0.25, 0.3) is 10.9 Å². The Morgan fingerprint density at radius 3 is 2.33 bits per heavy atom. The Morgan fingerprint density at radius 1 is 1.03 bits per heavy atom. The number of hydrogen-bond donors (Lipinski definition) is 2. The highest BCUT2D eigenvalue weighted by atomic mass is 32.2. The third-order valence-electron chi connectivity index (χ3n) is 4.59. The predicted octanol–water partition coefficient (Wildman–Crippen LogP) is 4.25. The molecule has 1 atom stereocenters. The van der Waals surface area contributed by atoms with Gasteiger partial charge in [0.25, 0.3) is 0 Å². The van der Waals surface area contributed by atoms with Gasteiger partial charge in [0.1, 0.15) is 23.2 Å². The molecule has 2 aromatic rings. The van der Waals surface area contributed by atoms with Crippen LogP contribution in [0.5, 0.6) is 0 Å². The quantitative estimate of drug-likeness (QED) is 0.155. The average Bonchev–Trinajstić information content (AvgIpc) is 3.13. The van der Waals surface area contributed by atoms with Crippen molar-refractivity contribution in [2.24, 2.45) is 0 Å². The largest absolute Gasteiger partial charge is 0.467 e. The van der Waals surface area contributed by atoms with Crippen LogP contribution in [0.2, 0.25) is 0 Å². The third-order valence-corrected chi connectivity index (χ3v) is 5.44. The maximum atomic E-state index is 12.6. The molecule has 1 unspecified atom stereocenters. The number of para-hydroxylation sites is 1. The van der Waals surface area contributed by atoms with Crippen LogP contribution in [0.15, 0.2) is 30.5 Å². The number of ether oxygens (including phenoxy) is 3. The molecule has 2 N–H and O–H groups in total. The van der Waals surface area contributed by atoms with Crippen LogP contribution in [0.4, 0.5) is 9.59 Å². The van der Waals surface area contributed by atoms with Crippen LogP contribution in [0.1, 0.15) is 47.1 Å². The minimum atomic E-state index is -0.863. The molecule has 0 saturated carbocycles. The van der Waals surface area contributed by atoms with Gasteiger partial charge in [-0.15, -0.1) is 11.8 Å². The summed E-state index contributed by atoms with van der Waals surface area (Å²) in [6.45, 7) is 11.2. The zero-order valence-corrected chi connectivity index (χ0v) is 22.8. The minimum absolute atomic E-state index is 0.239. The Hall–Kier alpha value is -2.76. The zero-order chi connectivity index (χ0) is 26.9. The topological polar surface area (TPSA) is 117 Å². The number of aromatic nitrogens is 1. The van der Waals surface area contributed by atoms with Crippen molar-refractivity contribution in [3.63, 3.8) is 0 Å². The lowest BCUT2D eigenvalue weighted by Gasteiger charge is -2.22. The Labute approximate surface area is 216 Å². The smallest absolute Gasteiger partial charge is 0.419 e. The van der Waals surface area contributed by atoms with Crippen molar-refractivity contribution < 1.29 is 33.4 Å². The Bertz CT molecular complexity index is 1040. The van der Waals surface area contributed by atoms with Crippen LogP contribution in [-0.4, -0.2) is 65.3 Å². The van der Waals surface area contributed by atoms with E-state index in [9.17, 15) is 14.4 Å². The van der Waals surface area contributed by atoms with E-state index in [0.29, 0.717) is 13.0 Å². The minimum Gasteiger partial charge on any atom is -0.467 e. The molecule has 0 spiro atoms. The molecule has 11 heteroatoms. The first-order valence-corrected chi connectivity index (χ1v) is 12.8. The molecule has 2 rings (SSSR count). The Morgan fingerprint density at radius 2 is 1.69 bits per heavy atom. The number of esters is 1. The number of nitrogens with one attached hydrogen (secondary N) is 2. The van der Waals surface area contributed by atoms with Crippen molar-refractivity contribution in [3.8, 4) is 0 Å². The van der Waals surface area contributed by atoms with Gasteiger partial charge in [0, 0.05) is 23.9 Å². The first kappa shape index (κ1) is 29.5. The summed E-state index contributed by atoms with van der Waals surface area (Å²) in [5.41, 5.74) is 3.38. The SMILES string of the molecule is COC(=O)C(CSCONCCc1cn(C(=O)OC(C)(C)C)c2ccccc12)NC(=O)OC(C)(C)C. The molecule has 1 amide bonds. The predicted molar refractivity (Wildman–Crippen MR) is 139 cm³/mol. The number of methoxy groups -OCH3 is 1. The number of rotatable bonds is 10. The second-order valence-electron chi connectivity index (χ2n) is 10.0. The van der Waals surface area contributed by atoms with Gasteiger partial charge in [-0.3, -0.25) is 9.40 Å². The summed E-state index contributed by atoms with van der Waals surface area (Å²) in [7, 11) is 1.26. The fourth-order valence-corrected chi connectivity index (χ4v) is 3.90. The molecule has 1 aromatic heterocycles. The second-order valence-corrected chi connectivity index (χ2v) is 11.0. The van der Waals surface area contributed by atoms with Gasteiger partial charge in [-0.05, 0) is 59.6 Å². The number of thioether (sulfide) groups is 1. The highest BCUT2D eigenvalue weighted by Crippen LogP contribution is 2.23. The molecule has 0 aliphatic rings. The van der Waals surface area contributed by atoms with Gasteiger partial charge >= 0.3 is 18.2 Å². The first-order valence-electron chi connectivity index (χ1n) is 11.6. The van der Waals surface area contributed by atoms with Crippen molar-refractivity contribution in [2.75, 3.05) is 25.3 Å². The maximum Gasteiger partial charge on any atom is 0.419 e. The molecule has 0 bridgehead atoms. The molecule has 0 saturated heterocycles. The van der Waals surface area contributed by atoms with Crippen molar-refractivity contribution in [1.29, 1.82) is 0 Å². The average molecular weight is 524 g/mol. The van der Waals surface area contributed by atoms with Crippen molar-refractivity contribution >= 4 is 40.8 Å². The Balaban J connectivity index is 1.82. The highest BCUT2D eigenvalue weighted by molar-refractivity contribution is 7.99. The number of carbonyl (C=O) groups is 3. The number of fused-ring (bicyclic) bond motifs is 1. The molecule has 36 heavy (non-hydrogen) atoms. The van der Waals surface area contributed by atoms with Gasteiger partial charge in [0.15, 0.2) is 0 Å². The second kappa shape index (κ2) is 13.0. The molecular formula is C25H37N3O7S. The van der Waals surface area contributed by atoms with Gasteiger partial charge in [0.05, 0.1) is 12.6 Å². The summed E-state index contributed by atoms with van der Waals surface area (Å²) < 4.78 is 17.0. The standard InChI is InChI=1S/C25H37N3O7S/c1-24(2,3)34-22(30)27-19(21(29)32-7)15-36-16-33-26-13-12-17-14-28(23(31)35-25(4,5)6)20-11-9-8-10-18(17)20/h8-11,14,19,26H,12-13,15-16H2,1-7H3,(H,27,30). The van der Waals surface area contributed by atoms with Crippen molar-refractivity contribution in [2.45, 2.75) is 65.2 Å². The number of hydrogen-bond acceptors (Lipinski definition) is 9. The van der Waals surface area contributed by atoms with E-state index >= 15 is 0 Å². The molecule has 0 aliphatic carbocycles. The van der Waals surface area contributed by atoms with E-state index in [1.807, 2.05) is 45.0 Å². The lowest BCUT2D eigenvalue weighted by molar-refractivity contribution is -0.142. The van der Waals surface area contributed by atoms with E-state index in [1.54, 1.807) is 27.0 Å². The monoisotopic (exact) mass is 523 g/mol. The van der Waals surface area contributed by atoms with Crippen molar-refractivity contribution in [1.82, 2.24) is 15.4 Å². The number of amides is 1. The molecule has 0 fully saturated rings. The number of alkyl carbamates (subject to hydrolysis) is 1. The van der Waals surface area contributed by atoms with Crippen LogP contribution >= 0.6 is 11.8 Å². The van der Waals surface area contributed by atoms with E-state index in [2.05, 4.69) is 10.8 Å².